The number of hydrogen-bond donors (Lipinski definition) is 2. The molecule has 0 aliphatic heterocycles. The van der Waals surface area contributed by atoms with Crippen molar-refractivity contribution in [1.29, 1.82) is 0 Å². The number of anilines is 1. The van der Waals surface area contributed by atoms with Crippen LogP contribution in [-0.4, -0.2) is 22.2 Å². The van der Waals surface area contributed by atoms with Crippen LogP contribution in [0, 0.1) is 5.92 Å². The smallest absolute Gasteiger partial charge is 0.254 e. The number of aryl methyl sites for hydroxylation is 1. The molecule has 0 spiro atoms. The summed E-state index contributed by atoms with van der Waals surface area (Å²) >= 11 is 0. The second kappa shape index (κ2) is 5.89. The highest BCUT2D eigenvalue weighted by Crippen LogP contribution is 2.23. The third kappa shape index (κ3) is 3.24. The number of primary amides is 1. The molecule has 0 radical (unpaired) electrons. The normalized spacial score (nSPS) is 17.4. The molecule has 5 heteroatoms. The molecule has 5 nitrogen and oxygen atoms in total. The maximum absolute atomic E-state index is 11.3. The molecule has 0 atom stereocenters. The summed E-state index contributed by atoms with van der Waals surface area (Å²) in [4.78, 5) is 11.3. The Balaban J connectivity index is 1.94. The number of nitrogens with one attached hydrogen (secondary N) is 1. The van der Waals surface area contributed by atoms with Gasteiger partial charge in [-0.3, -0.25) is 9.48 Å². The number of rotatable bonds is 4. The van der Waals surface area contributed by atoms with E-state index in [1.54, 1.807) is 17.9 Å². The molecule has 1 saturated carbocycles. The highest BCUT2D eigenvalue weighted by atomic mass is 16.1. The van der Waals surface area contributed by atoms with Gasteiger partial charge in [0.15, 0.2) is 5.82 Å². The Morgan fingerprint density at radius 2 is 2.11 bits per heavy atom. The Morgan fingerprint density at radius 1 is 1.44 bits per heavy atom. The summed E-state index contributed by atoms with van der Waals surface area (Å²) < 4.78 is 1.62. The Bertz CT molecular complexity index is 405. The molecule has 1 aromatic rings. The first-order chi connectivity index (χ1) is 8.66. The maximum atomic E-state index is 11.3. The summed E-state index contributed by atoms with van der Waals surface area (Å²) in [7, 11) is 1.79. The van der Waals surface area contributed by atoms with E-state index in [-0.39, 0.29) is 0 Å². The van der Waals surface area contributed by atoms with E-state index in [4.69, 9.17) is 5.73 Å². The second-order valence-electron chi connectivity index (χ2n) is 5.17. The first-order valence-corrected chi connectivity index (χ1v) is 6.74. The van der Waals surface area contributed by atoms with Crippen molar-refractivity contribution in [2.75, 3.05) is 11.9 Å². The van der Waals surface area contributed by atoms with Crippen molar-refractivity contribution in [3.63, 3.8) is 0 Å². The molecule has 1 heterocycles. The Kier molecular flexibility index (Phi) is 4.23. The molecule has 0 unspecified atom stereocenters. The van der Waals surface area contributed by atoms with Gasteiger partial charge in [-0.2, -0.15) is 5.10 Å². The van der Waals surface area contributed by atoms with Crippen molar-refractivity contribution < 1.29 is 4.79 Å². The number of nitrogens with zero attached hydrogens (tertiary/aromatic N) is 2. The predicted molar refractivity (Wildman–Crippen MR) is 71.4 cm³/mol. The number of hydrogen-bond acceptors (Lipinski definition) is 3. The molecule has 0 bridgehead atoms. The van der Waals surface area contributed by atoms with Gasteiger partial charge >= 0.3 is 0 Å². The Hall–Kier alpha value is -1.52. The number of carbonyl (C=O) groups is 1. The standard InChI is InChI=1S/C13H22N4O/c1-17-9-11(12(14)18)13(16-17)15-8-10-6-4-2-3-5-7-10/h9-10H,2-8H2,1H3,(H2,14,18)(H,15,16). The van der Waals surface area contributed by atoms with E-state index in [0.29, 0.717) is 17.3 Å². The second-order valence-corrected chi connectivity index (χ2v) is 5.17. The van der Waals surface area contributed by atoms with Crippen LogP contribution in [0.15, 0.2) is 6.20 Å². The summed E-state index contributed by atoms with van der Waals surface area (Å²) in [6.45, 7) is 0.886. The molecular weight excluding hydrogens is 228 g/mol. The van der Waals surface area contributed by atoms with Crippen molar-refractivity contribution in [1.82, 2.24) is 9.78 Å². The summed E-state index contributed by atoms with van der Waals surface area (Å²) in [6, 6.07) is 0. The summed E-state index contributed by atoms with van der Waals surface area (Å²) in [5.74, 6) is 0.885. The van der Waals surface area contributed by atoms with E-state index in [1.807, 2.05) is 0 Å². The molecule has 1 aliphatic carbocycles. The van der Waals surface area contributed by atoms with E-state index in [2.05, 4.69) is 10.4 Å². The van der Waals surface area contributed by atoms with Gasteiger partial charge in [0.25, 0.3) is 5.91 Å². The van der Waals surface area contributed by atoms with Crippen molar-refractivity contribution in [3.05, 3.63) is 11.8 Å². The lowest BCUT2D eigenvalue weighted by atomic mass is 10.0. The van der Waals surface area contributed by atoms with Crippen molar-refractivity contribution in [2.24, 2.45) is 18.7 Å². The largest absolute Gasteiger partial charge is 0.368 e. The number of amides is 1. The topological polar surface area (TPSA) is 72.9 Å². The zero-order valence-corrected chi connectivity index (χ0v) is 11.0. The molecule has 3 N–H and O–H groups in total. The summed E-state index contributed by atoms with van der Waals surface area (Å²) in [5.41, 5.74) is 5.81. The zero-order valence-electron chi connectivity index (χ0n) is 11.0. The Labute approximate surface area is 108 Å². The molecule has 0 saturated heterocycles. The minimum Gasteiger partial charge on any atom is -0.368 e. The molecular formula is C13H22N4O. The summed E-state index contributed by atoms with van der Waals surface area (Å²) in [5, 5.41) is 7.52. The first-order valence-electron chi connectivity index (χ1n) is 6.74. The van der Waals surface area contributed by atoms with E-state index in [1.165, 1.54) is 38.5 Å². The monoisotopic (exact) mass is 250 g/mol. The van der Waals surface area contributed by atoms with Crippen molar-refractivity contribution in [2.45, 2.75) is 38.5 Å². The SMILES string of the molecule is Cn1cc(C(N)=O)c(NCC2CCCCCC2)n1. The molecule has 18 heavy (non-hydrogen) atoms. The minimum atomic E-state index is -0.425. The Morgan fingerprint density at radius 3 is 2.72 bits per heavy atom. The molecule has 2 rings (SSSR count). The van der Waals surface area contributed by atoms with Crippen LogP contribution in [0.2, 0.25) is 0 Å². The zero-order chi connectivity index (χ0) is 13.0. The van der Waals surface area contributed by atoms with Crippen LogP contribution >= 0.6 is 0 Å². The van der Waals surface area contributed by atoms with Gasteiger partial charge in [-0.15, -0.1) is 0 Å². The van der Waals surface area contributed by atoms with Gasteiger partial charge in [-0.25, -0.2) is 0 Å². The lowest BCUT2D eigenvalue weighted by Crippen LogP contribution is -2.17. The van der Waals surface area contributed by atoms with Gasteiger partial charge < -0.3 is 11.1 Å². The van der Waals surface area contributed by atoms with Crippen LogP contribution in [0.5, 0.6) is 0 Å². The molecule has 0 aromatic carbocycles. The van der Waals surface area contributed by atoms with Crippen LogP contribution in [-0.2, 0) is 7.05 Å². The van der Waals surface area contributed by atoms with Crippen LogP contribution in [0.4, 0.5) is 5.82 Å². The van der Waals surface area contributed by atoms with Gasteiger partial charge in [0.2, 0.25) is 0 Å². The predicted octanol–water partition coefficient (Wildman–Crippen LogP) is 1.90. The van der Waals surface area contributed by atoms with E-state index in [9.17, 15) is 4.79 Å². The third-order valence-corrected chi connectivity index (χ3v) is 3.63. The fraction of sp³-hybridized carbons (Fsp3) is 0.692. The lowest BCUT2D eigenvalue weighted by molar-refractivity contribution is 0.100. The highest BCUT2D eigenvalue weighted by molar-refractivity contribution is 5.97. The molecule has 1 aromatic heterocycles. The van der Waals surface area contributed by atoms with Gasteiger partial charge in [0.1, 0.15) is 5.56 Å². The number of nitrogens with two attached hydrogens (primary N) is 1. The quantitative estimate of drug-likeness (QED) is 0.802. The van der Waals surface area contributed by atoms with Crippen LogP contribution in [0.1, 0.15) is 48.9 Å². The van der Waals surface area contributed by atoms with Gasteiger partial charge in [0, 0.05) is 19.8 Å². The van der Waals surface area contributed by atoms with Crippen LogP contribution in [0.25, 0.3) is 0 Å². The molecule has 1 aliphatic rings. The van der Waals surface area contributed by atoms with Crippen LogP contribution < -0.4 is 11.1 Å². The molecule has 1 amide bonds. The van der Waals surface area contributed by atoms with E-state index in [0.717, 1.165) is 6.54 Å². The van der Waals surface area contributed by atoms with E-state index >= 15 is 0 Å². The summed E-state index contributed by atoms with van der Waals surface area (Å²) in [6.07, 6.45) is 9.54. The van der Waals surface area contributed by atoms with Crippen LogP contribution in [0.3, 0.4) is 0 Å². The maximum Gasteiger partial charge on any atom is 0.254 e. The lowest BCUT2D eigenvalue weighted by Gasteiger charge is -2.14. The average Bonchev–Trinajstić information content (AvgIpc) is 2.55. The van der Waals surface area contributed by atoms with Gasteiger partial charge in [-0.05, 0) is 18.8 Å². The van der Waals surface area contributed by atoms with Crippen molar-refractivity contribution >= 4 is 11.7 Å². The first kappa shape index (κ1) is 12.9. The molecule has 100 valence electrons. The highest BCUT2D eigenvalue weighted by Gasteiger charge is 2.16. The number of aromatic nitrogens is 2. The van der Waals surface area contributed by atoms with Gasteiger partial charge in [0.05, 0.1) is 0 Å². The van der Waals surface area contributed by atoms with Gasteiger partial charge in [-0.1, -0.05) is 25.7 Å². The number of carbonyl (C=O) groups excluding carboxylic acids is 1. The van der Waals surface area contributed by atoms with Crippen molar-refractivity contribution in [3.8, 4) is 0 Å². The average molecular weight is 250 g/mol. The van der Waals surface area contributed by atoms with E-state index < -0.39 is 5.91 Å². The fourth-order valence-corrected chi connectivity index (χ4v) is 2.61. The fourth-order valence-electron chi connectivity index (χ4n) is 2.61. The molecule has 1 fully saturated rings. The third-order valence-electron chi connectivity index (χ3n) is 3.63. The minimum absolute atomic E-state index is 0.425.